The largest absolute Gasteiger partial charge is 0.495 e. The number of nitrogens with two attached hydrogens (primary N) is 1. The van der Waals surface area contributed by atoms with Crippen LogP contribution < -0.4 is 10.5 Å². The van der Waals surface area contributed by atoms with E-state index in [4.69, 9.17) is 15.6 Å². The highest BCUT2D eigenvalue weighted by molar-refractivity contribution is 5.66. The van der Waals surface area contributed by atoms with Crippen molar-refractivity contribution < 1.29 is 14.6 Å². The molecular formula is C10H14N2O3. The molecule has 15 heavy (non-hydrogen) atoms. The molecule has 1 heterocycles. The van der Waals surface area contributed by atoms with Crippen molar-refractivity contribution in [3.05, 3.63) is 24.0 Å². The molecule has 0 amide bonds. The van der Waals surface area contributed by atoms with Crippen molar-refractivity contribution in [1.29, 1.82) is 0 Å². The zero-order valence-electron chi connectivity index (χ0n) is 8.51. The lowest BCUT2D eigenvalue weighted by molar-refractivity contribution is -0.137. The van der Waals surface area contributed by atoms with Crippen LogP contribution in [0.1, 0.15) is 24.6 Å². The van der Waals surface area contributed by atoms with Gasteiger partial charge in [0.1, 0.15) is 5.75 Å². The fraction of sp³-hybridized carbons (Fsp3) is 0.400. The van der Waals surface area contributed by atoms with E-state index in [1.54, 1.807) is 25.4 Å². The number of carboxylic acids is 1. The minimum Gasteiger partial charge on any atom is -0.495 e. The lowest BCUT2D eigenvalue weighted by Crippen LogP contribution is -2.13. The van der Waals surface area contributed by atoms with E-state index in [0.29, 0.717) is 17.9 Å². The lowest BCUT2D eigenvalue weighted by atomic mass is 10.1. The van der Waals surface area contributed by atoms with Gasteiger partial charge in [-0.05, 0) is 18.6 Å². The molecule has 5 heteroatoms. The smallest absolute Gasteiger partial charge is 0.303 e. The number of nitrogens with zero attached hydrogens (tertiary/aromatic N) is 1. The summed E-state index contributed by atoms with van der Waals surface area (Å²) < 4.78 is 4.95. The van der Waals surface area contributed by atoms with E-state index in [1.165, 1.54) is 0 Å². The van der Waals surface area contributed by atoms with Gasteiger partial charge in [0.05, 0.1) is 19.0 Å². The first-order valence-corrected chi connectivity index (χ1v) is 4.61. The Morgan fingerprint density at radius 3 is 2.87 bits per heavy atom. The first kappa shape index (κ1) is 11.5. The number of rotatable bonds is 5. The summed E-state index contributed by atoms with van der Waals surface area (Å²) in [4.78, 5) is 14.4. The molecule has 0 fully saturated rings. The standard InChI is InChI=1S/C10H14N2O3/c1-15-7-2-4-9(12-6-7)8(11)3-5-10(13)14/h2,4,6,8H,3,5,11H2,1H3,(H,13,14). The first-order valence-electron chi connectivity index (χ1n) is 4.61. The number of hydrogen-bond donors (Lipinski definition) is 2. The van der Waals surface area contributed by atoms with Crippen molar-refractivity contribution in [3.63, 3.8) is 0 Å². The first-order chi connectivity index (χ1) is 7.13. The Labute approximate surface area is 87.9 Å². The van der Waals surface area contributed by atoms with Gasteiger partial charge in [0, 0.05) is 12.5 Å². The highest BCUT2D eigenvalue weighted by Gasteiger charge is 2.09. The Kier molecular flexibility index (Phi) is 4.05. The van der Waals surface area contributed by atoms with Gasteiger partial charge in [-0.25, -0.2) is 0 Å². The molecule has 0 aliphatic rings. The van der Waals surface area contributed by atoms with Crippen LogP contribution in [0.2, 0.25) is 0 Å². The molecule has 0 spiro atoms. The van der Waals surface area contributed by atoms with Crippen LogP contribution in [0.3, 0.4) is 0 Å². The van der Waals surface area contributed by atoms with Crippen molar-refractivity contribution in [3.8, 4) is 5.75 Å². The normalized spacial score (nSPS) is 12.1. The minimum absolute atomic E-state index is 0.0505. The van der Waals surface area contributed by atoms with E-state index in [-0.39, 0.29) is 12.5 Å². The molecule has 1 rings (SSSR count). The van der Waals surface area contributed by atoms with E-state index in [0.717, 1.165) is 0 Å². The van der Waals surface area contributed by atoms with E-state index in [9.17, 15) is 4.79 Å². The van der Waals surface area contributed by atoms with Crippen molar-refractivity contribution in [2.75, 3.05) is 7.11 Å². The topological polar surface area (TPSA) is 85.4 Å². The van der Waals surface area contributed by atoms with Crippen LogP contribution in [0.25, 0.3) is 0 Å². The summed E-state index contributed by atoms with van der Waals surface area (Å²) in [7, 11) is 1.56. The number of pyridine rings is 1. The van der Waals surface area contributed by atoms with Crippen molar-refractivity contribution in [2.45, 2.75) is 18.9 Å². The maximum absolute atomic E-state index is 10.3. The minimum atomic E-state index is -0.848. The van der Waals surface area contributed by atoms with Crippen LogP contribution in [-0.4, -0.2) is 23.2 Å². The van der Waals surface area contributed by atoms with E-state index in [1.807, 2.05) is 0 Å². The molecule has 0 bridgehead atoms. The summed E-state index contributed by atoms with van der Waals surface area (Å²) in [6.45, 7) is 0. The average Bonchev–Trinajstić information content (AvgIpc) is 2.26. The zero-order valence-corrected chi connectivity index (χ0v) is 8.51. The predicted molar refractivity (Wildman–Crippen MR) is 54.6 cm³/mol. The molecule has 1 unspecified atom stereocenters. The summed E-state index contributed by atoms with van der Waals surface area (Å²) >= 11 is 0. The van der Waals surface area contributed by atoms with Gasteiger partial charge in [-0.15, -0.1) is 0 Å². The third-order valence-corrected chi connectivity index (χ3v) is 2.04. The molecule has 5 nitrogen and oxygen atoms in total. The molecule has 0 aliphatic carbocycles. The number of methoxy groups -OCH3 is 1. The number of aromatic nitrogens is 1. The molecular weight excluding hydrogens is 196 g/mol. The highest BCUT2D eigenvalue weighted by atomic mass is 16.5. The summed E-state index contributed by atoms with van der Waals surface area (Å²) in [5.74, 6) is -0.192. The monoisotopic (exact) mass is 210 g/mol. The highest BCUT2D eigenvalue weighted by Crippen LogP contribution is 2.16. The second-order valence-electron chi connectivity index (χ2n) is 3.16. The molecule has 1 atom stereocenters. The Hall–Kier alpha value is -1.62. The lowest BCUT2D eigenvalue weighted by Gasteiger charge is -2.09. The van der Waals surface area contributed by atoms with Gasteiger partial charge in [-0.3, -0.25) is 9.78 Å². The van der Waals surface area contributed by atoms with Gasteiger partial charge in [0.15, 0.2) is 0 Å². The maximum Gasteiger partial charge on any atom is 0.303 e. The summed E-state index contributed by atoms with van der Waals surface area (Å²) in [6, 6.07) is 3.15. The molecule has 0 aromatic carbocycles. The van der Waals surface area contributed by atoms with Crippen LogP contribution in [-0.2, 0) is 4.79 Å². The van der Waals surface area contributed by atoms with Crippen LogP contribution in [0, 0.1) is 0 Å². The molecule has 3 N–H and O–H groups in total. The second kappa shape index (κ2) is 5.31. The van der Waals surface area contributed by atoms with Crippen molar-refractivity contribution in [2.24, 2.45) is 5.73 Å². The number of aliphatic carboxylic acids is 1. The van der Waals surface area contributed by atoms with Crippen molar-refractivity contribution in [1.82, 2.24) is 4.98 Å². The Bertz CT molecular complexity index is 324. The molecule has 1 aromatic heterocycles. The molecule has 0 saturated heterocycles. The summed E-state index contributed by atoms with van der Waals surface area (Å²) in [6.07, 6.45) is 2.00. The van der Waals surface area contributed by atoms with Gasteiger partial charge in [0.25, 0.3) is 0 Å². The van der Waals surface area contributed by atoms with Crippen LogP contribution in [0.4, 0.5) is 0 Å². The van der Waals surface area contributed by atoms with Gasteiger partial charge >= 0.3 is 5.97 Å². The van der Waals surface area contributed by atoms with Crippen LogP contribution in [0.15, 0.2) is 18.3 Å². The molecule has 1 aromatic rings. The van der Waals surface area contributed by atoms with Gasteiger partial charge < -0.3 is 15.6 Å². The summed E-state index contributed by atoms with van der Waals surface area (Å²) in [5.41, 5.74) is 6.45. The third kappa shape index (κ3) is 3.55. The van der Waals surface area contributed by atoms with E-state index >= 15 is 0 Å². The Morgan fingerprint density at radius 1 is 1.67 bits per heavy atom. The maximum atomic E-state index is 10.3. The van der Waals surface area contributed by atoms with E-state index in [2.05, 4.69) is 4.98 Å². The van der Waals surface area contributed by atoms with Gasteiger partial charge in [-0.1, -0.05) is 0 Å². The predicted octanol–water partition coefficient (Wildman–Crippen LogP) is 0.955. The quantitative estimate of drug-likeness (QED) is 0.755. The molecule has 0 saturated carbocycles. The Balaban J connectivity index is 2.57. The Morgan fingerprint density at radius 2 is 2.40 bits per heavy atom. The van der Waals surface area contributed by atoms with Crippen molar-refractivity contribution >= 4 is 5.97 Å². The van der Waals surface area contributed by atoms with Gasteiger partial charge in [-0.2, -0.15) is 0 Å². The third-order valence-electron chi connectivity index (χ3n) is 2.04. The zero-order chi connectivity index (χ0) is 11.3. The summed E-state index contributed by atoms with van der Waals surface area (Å²) in [5, 5.41) is 8.50. The number of carbonyl (C=O) groups is 1. The van der Waals surface area contributed by atoms with Crippen LogP contribution in [0.5, 0.6) is 5.75 Å². The SMILES string of the molecule is COc1ccc(C(N)CCC(=O)O)nc1. The number of ether oxygens (including phenoxy) is 1. The van der Waals surface area contributed by atoms with E-state index < -0.39 is 5.97 Å². The number of hydrogen-bond acceptors (Lipinski definition) is 4. The fourth-order valence-electron chi connectivity index (χ4n) is 1.16. The average molecular weight is 210 g/mol. The second-order valence-corrected chi connectivity index (χ2v) is 3.16. The molecule has 0 radical (unpaired) electrons. The number of carboxylic acid groups (broad SMARTS) is 1. The molecule has 82 valence electrons. The molecule has 0 aliphatic heterocycles. The fourth-order valence-corrected chi connectivity index (χ4v) is 1.16. The van der Waals surface area contributed by atoms with Gasteiger partial charge in [0.2, 0.25) is 0 Å². The van der Waals surface area contributed by atoms with Crippen LogP contribution >= 0.6 is 0 Å².